The Hall–Kier alpha value is -2.92. The first-order chi connectivity index (χ1) is 12.7. The van der Waals surface area contributed by atoms with Crippen molar-refractivity contribution in [3.8, 4) is 0 Å². The van der Waals surface area contributed by atoms with E-state index in [1.54, 1.807) is 6.07 Å². The molecular formula is C21H21N3O2. The van der Waals surface area contributed by atoms with Gasteiger partial charge < -0.3 is 9.40 Å². The molecule has 0 amide bonds. The normalized spacial score (nSPS) is 11.7. The SMILES string of the molecule is CCc1oc2ccccc2c1CN(C)Cc1nc2ccccc2c(=O)[nH]1. The van der Waals surface area contributed by atoms with Crippen LogP contribution in [0.4, 0.5) is 0 Å². The van der Waals surface area contributed by atoms with Crippen molar-refractivity contribution in [3.05, 3.63) is 76.0 Å². The second-order valence-corrected chi connectivity index (χ2v) is 6.56. The maximum atomic E-state index is 12.2. The Labute approximate surface area is 151 Å². The molecule has 2 aromatic carbocycles. The Morgan fingerprint density at radius 2 is 1.77 bits per heavy atom. The lowest BCUT2D eigenvalue weighted by Gasteiger charge is -2.16. The molecule has 5 heteroatoms. The van der Waals surface area contributed by atoms with Crippen LogP contribution in [0.2, 0.25) is 0 Å². The summed E-state index contributed by atoms with van der Waals surface area (Å²) in [6.45, 7) is 3.39. The topological polar surface area (TPSA) is 62.1 Å². The minimum Gasteiger partial charge on any atom is -0.461 e. The van der Waals surface area contributed by atoms with Gasteiger partial charge in [0, 0.05) is 23.9 Å². The molecular weight excluding hydrogens is 326 g/mol. The Kier molecular flexibility index (Phi) is 4.31. The molecule has 0 spiro atoms. The molecule has 0 fully saturated rings. The van der Waals surface area contributed by atoms with Crippen LogP contribution < -0.4 is 5.56 Å². The van der Waals surface area contributed by atoms with Gasteiger partial charge in [-0.3, -0.25) is 9.69 Å². The zero-order valence-electron chi connectivity index (χ0n) is 15.0. The van der Waals surface area contributed by atoms with Gasteiger partial charge in [0.05, 0.1) is 17.4 Å². The number of aromatic amines is 1. The first-order valence-corrected chi connectivity index (χ1v) is 8.81. The van der Waals surface area contributed by atoms with E-state index < -0.39 is 0 Å². The zero-order valence-corrected chi connectivity index (χ0v) is 15.0. The molecule has 4 rings (SSSR count). The molecule has 0 saturated carbocycles. The molecule has 26 heavy (non-hydrogen) atoms. The number of benzene rings is 2. The van der Waals surface area contributed by atoms with Gasteiger partial charge in [0.25, 0.3) is 5.56 Å². The molecule has 0 saturated heterocycles. The zero-order chi connectivity index (χ0) is 18.1. The van der Waals surface area contributed by atoms with Gasteiger partial charge in [0.15, 0.2) is 0 Å². The van der Waals surface area contributed by atoms with Gasteiger partial charge in [0.1, 0.15) is 17.2 Å². The monoisotopic (exact) mass is 347 g/mol. The highest BCUT2D eigenvalue weighted by molar-refractivity contribution is 5.82. The van der Waals surface area contributed by atoms with Crippen molar-refractivity contribution in [2.75, 3.05) is 7.05 Å². The van der Waals surface area contributed by atoms with Crippen LogP contribution in [-0.2, 0) is 19.5 Å². The third-order valence-electron chi connectivity index (χ3n) is 4.61. The number of aryl methyl sites for hydroxylation is 1. The van der Waals surface area contributed by atoms with E-state index in [-0.39, 0.29) is 5.56 Å². The average molecular weight is 347 g/mol. The van der Waals surface area contributed by atoms with Gasteiger partial charge >= 0.3 is 0 Å². The molecule has 5 nitrogen and oxygen atoms in total. The minimum atomic E-state index is -0.0954. The molecule has 0 radical (unpaired) electrons. The van der Waals surface area contributed by atoms with Crippen molar-refractivity contribution in [1.29, 1.82) is 0 Å². The first-order valence-electron chi connectivity index (χ1n) is 8.81. The molecule has 1 N–H and O–H groups in total. The van der Waals surface area contributed by atoms with Crippen LogP contribution in [0.25, 0.3) is 21.9 Å². The number of hydrogen-bond donors (Lipinski definition) is 1. The van der Waals surface area contributed by atoms with E-state index in [1.807, 2.05) is 43.4 Å². The Balaban J connectivity index is 1.62. The summed E-state index contributed by atoms with van der Waals surface area (Å²) in [7, 11) is 2.02. The van der Waals surface area contributed by atoms with Gasteiger partial charge in [-0.25, -0.2) is 4.98 Å². The molecule has 0 bridgehead atoms. The quantitative estimate of drug-likeness (QED) is 0.595. The average Bonchev–Trinajstić information content (AvgIpc) is 2.99. The molecule has 2 heterocycles. The highest BCUT2D eigenvalue weighted by atomic mass is 16.3. The van der Waals surface area contributed by atoms with E-state index in [9.17, 15) is 4.79 Å². The van der Waals surface area contributed by atoms with Crippen LogP contribution in [0.5, 0.6) is 0 Å². The number of H-pyrrole nitrogens is 1. The number of nitrogens with one attached hydrogen (secondary N) is 1. The van der Waals surface area contributed by atoms with E-state index in [0.29, 0.717) is 17.8 Å². The van der Waals surface area contributed by atoms with E-state index in [1.165, 1.54) is 5.56 Å². The maximum Gasteiger partial charge on any atom is 0.258 e. The highest BCUT2D eigenvalue weighted by Gasteiger charge is 2.15. The van der Waals surface area contributed by atoms with Crippen LogP contribution in [0, 0.1) is 0 Å². The summed E-state index contributed by atoms with van der Waals surface area (Å²) < 4.78 is 5.98. The summed E-state index contributed by atoms with van der Waals surface area (Å²) in [6.07, 6.45) is 0.850. The standard InChI is InChI=1S/C21H21N3O2/c1-3-18-16(14-8-5-7-11-19(14)26-18)12-24(2)13-20-22-17-10-6-4-9-15(17)21(25)23-20/h4-11H,3,12-13H2,1-2H3,(H,22,23,25). The summed E-state index contributed by atoms with van der Waals surface area (Å²) in [6, 6.07) is 15.5. The van der Waals surface area contributed by atoms with Gasteiger partial charge in [-0.1, -0.05) is 37.3 Å². The number of furan rings is 1. The van der Waals surface area contributed by atoms with Crippen molar-refractivity contribution in [1.82, 2.24) is 14.9 Å². The van der Waals surface area contributed by atoms with Gasteiger partial charge in [-0.15, -0.1) is 0 Å². The molecule has 0 atom stereocenters. The number of hydrogen-bond acceptors (Lipinski definition) is 4. The molecule has 0 aliphatic rings. The summed E-state index contributed by atoms with van der Waals surface area (Å²) in [5.74, 6) is 1.68. The summed E-state index contributed by atoms with van der Waals surface area (Å²) in [4.78, 5) is 21.9. The van der Waals surface area contributed by atoms with Crippen molar-refractivity contribution in [3.63, 3.8) is 0 Å². The predicted molar refractivity (Wildman–Crippen MR) is 103 cm³/mol. The Bertz CT molecular complexity index is 1130. The summed E-state index contributed by atoms with van der Waals surface area (Å²) in [5, 5.41) is 1.77. The summed E-state index contributed by atoms with van der Waals surface area (Å²) >= 11 is 0. The number of rotatable bonds is 5. The van der Waals surface area contributed by atoms with Crippen molar-refractivity contribution in [2.24, 2.45) is 0 Å². The lowest BCUT2D eigenvalue weighted by Crippen LogP contribution is -2.22. The maximum absolute atomic E-state index is 12.2. The van der Waals surface area contributed by atoms with Crippen LogP contribution in [-0.4, -0.2) is 21.9 Å². The summed E-state index contributed by atoms with van der Waals surface area (Å²) in [5.41, 5.74) is 2.75. The third kappa shape index (κ3) is 3.02. The minimum absolute atomic E-state index is 0.0954. The van der Waals surface area contributed by atoms with Crippen LogP contribution >= 0.6 is 0 Å². The molecule has 132 valence electrons. The molecule has 0 aliphatic heterocycles. The van der Waals surface area contributed by atoms with Crippen molar-refractivity contribution in [2.45, 2.75) is 26.4 Å². The molecule has 2 aromatic heterocycles. The van der Waals surface area contributed by atoms with Gasteiger partial charge in [-0.05, 0) is 25.2 Å². The smallest absolute Gasteiger partial charge is 0.258 e. The largest absolute Gasteiger partial charge is 0.461 e. The van der Waals surface area contributed by atoms with Crippen molar-refractivity contribution < 1.29 is 4.42 Å². The van der Waals surface area contributed by atoms with Crippen LogP contribution in [0.1, 0.15) is 24.1 Å². The fourth-order valence-corrected chi connectivity index (χ4v) is 3.40. The predicted octanol–water partition coefficient (Wildman–Crippen LogP) is 3.86. The molecule has 0 unspecified atom stereocenters. The highest BCUT2D eigenvalue weighted by Crippen LogP contribution is 2.27. The van der Waals surface area contributed by atoms with Gasteiger partial charge in [0.2, 0.25) is 0 Å². The Morgan fingerprint density at radius 1 is 1.04 bits per heavy atom. The number of nitrogens with zero attached hydrogens (tertiary/aromatic N) is 2. The third-order valence-corrected chi connectivity index (χ3v) is 4.61. The fourth-order valence-electron chi connectivity index (χ4n) is 3.40. The molecule has 4 aromatic rings. The van der Waals surface area contributed by atoms with E-state index in [2.05, 4.69) is 27.9 Å². The number of fused-ring (bicyclic) bond motifs is 2. The van der Waals surface area contributed by atoms with E-state index in [0.717, 1.165) is 35.2 Å². The fraction of sp³-hybridized carbons (Fsp3) is 0.238. The van der Waals surface area contributed by atoms with Crippen LogP contribution in [0.3, 0.4) is 0 Å². The first kappa shape index (κ1) is 16.5. The van der Waals surface area contributed by atoms with Gasteiger partial charge in [-0.2, -0.15) is 0 Å². The lowest BCUT2D eigenvalue weighted by atomic mass is 10.1. The molecule has 0 aliphatic carbocycles. The van der Waals surface area contributed by atoms with Crippen LogP contribution in [0.15, 0.2) is 57.7 Å². The second-order valence-electron chi connectivity index (χ2n) is 6.56. The number of para-hydroxylation sites is 2. The number of aromatic nitrogens is 2. The van der Waals surface area contributed by atoms with E-state index in [4.69, 9.17) is 4.42 Å². The van der Waals surface area contributed by atoms with Crippen molar-refractivity contribution >= 4 is 21.9 Å². The van der Waals surface area contributed by atoms with E-state index >= 15 is 0 Å². The Morgan fingerprint density at radius 3 is 2.58 bits per heavy atom. The lowest BCUT2D eigenvalue weighted by molar-refractivity contribution is 0.308. The second kappa shape index (κ2) is 6.77.